The molecule has 0 fully saturated rings. The minimum Gasteiger partial charge on any atom is -0.466 e. The van der Waals surface area contributed by atoms with Crippen LogP contribution in [0.25, 0.3) is 0 Å². The Morgan fingerprint density at radius 2 is 2.06 bits per heavy atom. The van der Waals surface area contributed by atoms with Crippen LogP contribution in [0.15, 0.2) is 72.6 Å². The van der Waals surface area contributed by atoms with E-state index in [2.05, 4.69) is 6.08 Å². The van der Waals surface area contributed by atoms with E-state index >= 15 is 0 Å². The number of benzene rings is 1. The van der Waals surface area contributed by atoms with Crippen LogP contribution in [0.1, 0.15) is 37.3 Å². The maximum atomic E-state index is 12.9. The number of esters is 1. The average molecular weight is 460 g/mol. The van der Waals surface area contributed by atoms with Crippen molar-refractivity contribution in [1.29, 1.82) is 0 Å². The van der Waals surface area contributed by atoms with E-state index in [1.807, 2.05) is 36.4 Å². The van der Waals surface area contributed by atoms with Crippen LogP contribution >= 0.6 is 0 Å². The Morgan fingerprint density at radius 3 is 2.72 bits per heavy atom. The molecule has 1 heterocycles. The fourth-order valence-corrected chi connectivity index (χ4v) is 4.72. The van der Waals surface area contributed by atoms with E-state index in [0.717, 1.165) is 29.5 Å². The molecule has 8 heteroatoms. The maximum absolute atomic E-state index is 12.9. The lowest BCUT2D eigenvalue weighted by molar-refractivity contribution is -0.142. The van der Waals surface area contributed by atoms with E-state index in [1.165, 1.54) is 29.3 Å². The van der Waals surface area contributed by atoms with Gasteiger partial charge >= 0.3 is 5.97 Å². The predicted molar refractivity (Wildman–Crippen MR) is 121 cm³/mol. The highest BCUT2D eigenvalue weighted by Crippen LogP contribution is 2.29. The highest BCUT2D eigenvalue weighted by molar-refractivity contribution is 7.88. The molecule has 0 aromatic heterocycles. The SMILES string of the molecule is CCOC(=O)Cc1cccc(CN(C(CC2=CC=CCC2)C2=COC=CO2)S(C)(=O)=O)c1. The Morgan fingerprint density at radius 1 is 1.25 bits per heavy atom. The molecule has 7 nitrogen and oxygen atoms in total. The Kier molecular flexibility index (Phi) is 8.30. The maximum Gasteiger partial charge on any atom is 0.310 e. The van der Waals surface area contributed by atoms with Gasteiger partial charge in [-0.2, -0.15) is 4.31 Å². The van der Waals surface area contributed by atoms with Crippen molar-refractivity contribution >= 4 is 16.0 Å². The summed E-state index contributed by atoms with van der Waals surface area (Å²) in [6.07, 6.45) is 13.9. The van der Waals surface area contributed by atoms with Crippen molar-refractivity contribution in [1.82, 2.24) is 4.31 Å². The molecule has 3 rings (SSSR count). The lowest BCUT2D eigenvalue weighted by atomic mass is 9.97. The molecule has 0 saturated heterocycles. The number of ether oxygens (including phenoxy) is 3. The smallest absolute Gasteiger partial charge is 0.310 e. The third-order valence-corrected chi connectivity index (χ3v) is 6.40. The molecule has 1 aliphatic heterocycles. The molecule has 32 heavy (non-hydrogen) atoms. The zero-order chi connectivity index (χ0) is 23.0. The molecule has 0 radical (unpaired) electrons. The minimum absolute atomic E-state index is 0.133. The van der Waals surface area contributed by atoms with Gasteiger partial charge in [0.1, 0.15) is 18.8 Å². The van der Waals surface area contributed by atoms with Gasteiger partial charge in [0, 0.05) is 6.54 Å². The Labute approximate surface area is 189 Å². The highest BCUT2D eigenvalue weighted by atomic mass is 32.2. The third kappa shape index (κ3) is 6.83. The molecule has 172 valence electrons. The van der Waals surface area contributed by atoms with E-state index in [1.54, 1.807) is 6.92 Å². The topological polar surface area (TPSA) is 82.1 Å². The Hall–Kier alpha value is -2.84. The molecule has 1 atom stereocenters. The summed E-state index contributed by atoms with van der Waals surface area (Å²) in [6, 6.07) is 6.75. The second-order valence-corrected chi connectivity index (χ2v) is 9.60. The largest absolute Gasteiger partial charge is 0.466 e. The summed E-state index contributed by atoms with van der Waals surface area (Å²) in [4.78, 5) is 11.9. The zero-order valence-electron chi connectivity index (χ0n) is 18.4. The minimum atomic E-state index is -3.61. The monoisotopic (exact) mass is 459 g/mol. The van der Waals surface area contributed by atoms with Gasteiger partial charge in [-0.3, -0.25) is 4.79 Å². The van der Waals surface area contributed by atoms with Crippen molar-refractivity contribution in [3.8, 4) is 0 Å². The fraction of sp³-hybridized carbons (Fsp3) is 0.375. The molecular weight excluding hydrogens is 430 g/mol. The van der Waals surface area contributed by atoms with Crippen LogP contribution in [0, 0.1) is 0 Å². The summed E-state index contributed by atoms with van der Waals surface area (Å²) in [5, 5.41) is 0. The number of nitrogens with zero attached hydrogens (tertiary/aromatic N) is 1. The number of sulfonamides is 1. The lowest BCUT2D eigenvalue weighted by Gasteiger charge is -2.32. The van der Waals surface area contributed by atoms with Crippen molar-refractivity contribution < 1.29 is 27.4 Å². The van der Waals surface area contributed by atoms with Gasteiger partial charge < -0.3 is 14.2 Å². The first-order chi connectivity index (χ1) is 15.4. The molecule has 1 aromatic carbocycles. The number of hydrogen-bond acceptors (Lipinski definition) is 6. The first-order valence-electron chi connectivity index (χ1n) is 10.6. The van der Waals surface area contributed by atoms with Crippen LogP contribution in [-0.2, 0) is 42.0 Å². The van der Waals surface area contributed by atoms with Gasteiger partial charge in [-0.25, -0.2) is 8.42 Å². The predicted octanol–water partition coefficient (Wildman–Crippen LogP) is 3.95. The van der Waals surface area contributed by atoms with Gasteiger partial charge in [0.25, 0.3) is 0 Å². The molecular formula is C24H29NO6S. The van der Waals surface area contributed by atoms with Crippen molar-refractivity contribution in [2.75, 3.05) is 12.9 Å². The van der Waals surface area contributed by atoms with Crippen LogP contribution in [0.2, 0.25) is 0 Å². The van der Waals surface area contributed by atoms with E-state index < -0.39 is 16.1 Å². The molecule has 2 aliphatic rings. The number of carbonyl (C=O) groups excluding carboxylic acids is 1. The van der Waals surface area contributed by atoms with Gasteiger partial charge in [0.15, 0.2) is 5.76 Å². The zero-order valence-corrected chi connectivity index (χ0v) is 19.2. The number of rotatable bonds is 10. The second kappa shape index (κ2) is 11.2. The van der Waals surface area contributed by atoms with Gasteiger partial charge in [-0.05, 0) is 37.3 Å². The molecule has 0 bridgehead atoms. The van der Waals surface area contributed by atoms with Crippen LogP contribution < -0.4 is 0 Å². The van der Waals surface area contributed by atoms with Crippen molar-refractivity contribution in [2.24, 2.45) is 0 Å². The van der Waals surface area contributed by atoms with Gasteiger partial charge in [-0.1, -0.05) is 48.1 Å². The standard InChI is InChI=1S/C24H29NO6S/c1-3-30-24(26)16-20-10-7-11-21(14-20)17-25(32(2,27)28)22(23-18-29-12-13-31-23)15-19-8-5-4-6-9-19/h4-5,7-8,10-14,18,22H,3,6,9,15-17H2,1-2H3. The van der Waals surface area contributed by atoms with Gasteiger partial charge in [0.05, 0.1) is 25.3 Å². The number of allylic oxidation sites excluding steroid dienone is 3. The summed E-state index contributed by atoms with van der Waals surface area (Å²) in [5.41, 5.74) is 2.68. The third-order valence-electron chi connectivity index (χ3n) is 5.16. The molecule has 0 spiro atoms. The van der Waals surface area contributed by atoms with E-state index in [9.17, 15) is 13.2 Å². The van der Waals surface area contributed by atoms with E-state index in [4.69, 9.17) is 14.2 Å². The summed E-state index contributed by atoms with van der Waals surface area (Å²) in [6.45, 7) is 2.21. The number of carbonyl (C=O) groups is 1. The summed E-state index contributed by atoms with van der Waals surface area (Å²) in [7, 11) is -3.61. The number of hydrogen-bond donors (Lipinski definition) is 0. The first kappa shape index (κ1) is 23.8. The second-order valence-electron chi connectivity index (χ2n) is 7.67. The van der Waals surface area contributed by atoms with Crippen molar-refractivity contribution in [2.45, 2.75) is 45.2 Å². The lowest BCUT2D eigenvalue weighted by Crippen LogP contribution is -2.41. The van der Waals surface area contributed by atoms with Crippen molar-refractivity contribution in [3.63, 3.8) is 0 Å². The summed E-state index contributed by atoms with van der Waals surface area (Å²) >= 11 is 0. The average Bonchev–Trinajstić information content (AvgIpc) is 2.77. The van der Waals surface area contributed by atoms with E-state index in [-0.39, 0.29) is 18.9 Å². The van der Waals surface area contributed by atoms with Crippen LogP contribution in [-0.4, -0.2) is 37.6 Å². The van der Waals surface area contributed by atoms with Crippen molar-refractivity contribution in [3.05, 3.63) is 83.7 Å². The molecule has 1 aromatic rings. The molecule has 0 saturated carbocycles. The van der Waals surface area contributed by atoms with Crippen LogP contribution in [0.4, 0.5) is 0 Å². The normalized spacial score (nSPS) is 16.6. The summed E-state index contributed by atoms with van der Waals surface area (Å²) < 4.78 is 43.1. The quantitative estimate of drug-likeness (QED) is 0.493. The highest BCUT2D eigenvalue weighted by Gasteiger charge is 2.32. The molecule has 0 amide bonds. The fourth-order valence-electron chi connectivity index (χ4n) is 3.70. The van der Waals surface area contributed by atoms with Gasteiger partial charge in [-0.15, -0.1) is 0 Å². The molecule has 0 N–H and O–H groups in total. The molecule has 1 unspecified atom stereocenters. The summed E-state index contributed by atoms with van der Waals surface area (Å²) in [5.74, 6) is 0.112. The van der Waals surface area contributed by atoms with E-state index in [0.29, 0.717) is 18.8 Å². The Bertz CT molecular complexity index is 1040. The first-order valence-corrected chi connectivity index (χ1v) is 12.4. The van der Waals surface area contributed by atoms with Crippen LogP contribution in [0.3, 0.4) is 0 Å². The van der Waals surface area contributed by atoms with Gasteiger partial charge in [0.2, 0.25) is 10.0 Å². The van der Waals surface area contributed by atoms with Crippen LogP contribution in [0.5, 0.6) is 0 Å². The molecule has 1 aliphatic carbocycles. The Balaban J connectivity index is 1.89.